The van der Waals surface area contributed by atoms with E-state index >= 15 is 14.4 Å². The Morgan fingerprint density at radius 2 is 1.12 bits per heavy atom. The summed E-state index contributed by atoms with van der Waals surface area (Å²) in [6.07, 6.45) is 19.1. The molecule has 0 spiro atoms. The Balaban J connectivity index is 0.00000439. The van der Waals surface area contributed by atoms with Crippen LogP contribution in [0.25, 0.3) is 10.9 Å². The van der Waals surface area contributed by atoms with Crippen LogP contribution in [0.5, 0.6) is 0 Å². The number of nitrogens with one attached hydrogen (secondary N) is 15. The lowest BCUT2D eigenvalue weighted by molar-refractivity contribution is -0.148. The van der Waals surface area contributed by atoms with Gasteiger partial charge in [-0.3, -0.25) is 106 Å². The second kappa shape index (κ2) is 67.9. The van der Waals surface area contributed by atoms with Crippen molar-refractivity contribution in [1.82, 2.24) is 88.8 Å². The van der Waals surface area contributed by atoms with Crippen LogP contribution in [0.2, 0.25) is 0 Å². The van der Waals surface area contributed by atoms with E-state index in [1.807, 2.05) is 18.2 Å². The Morgan fingerprint density at radius 3 is 1.75 bits per heavy atom. The van der Waals surface area contributed by atoms with Gasteiger partial charge >= 0.3 is 23.9 Å². The molecule has 46 nitrogen and oxygen atoms in total. The van der Waals surface area contributed by atoms with Crippen molar-refractivity contribution < 1.29 is 121 Å². The maximum Gasteiger partial charge on any atom is 0.317 e. The molecule has 0 aliphatic carbocycles. The van der Waals surface area contributed by atoms with Gasteiger partial charge in [0, 0.05) is 114 Å². The van der Waals surface area contributed by atoms with E-state index in [1.54, 1.807) is 42.8 Å². The highest BCUT2D eigenvalue weighted by atomic mass is 16.5. The monoisotopic (exact) mass is 2030 g/mol. The second-order valence-electron chi connectivity index (χ2n) is 36.7. The quantitative estimate of drug-likeness (QED) is 0.0217. The summed E-state index contributed by atoms with van der Waals surface area (Å²) in [6.45, 7) is 1.28. The Bertz CT molecular complexity index is 4790. The number of aliphatic imine (C=N–C) groups is 1. The summed E-state index contributed by atoms with van der Waals surface area (Å²) < 4.78 is 11.0. The minimum atomic E-state index is -1.97. The van der Waals surface area contributed by atoms with Crippen LogP contribution in [-0.2, 0) is 107 Å². The third-order valence-electron chi connectivity index (χ3n) is 24.8. The van der Waals surface area contributed by atoms with E-state index in [-0.39, 0.29) is 194 Å². The van der Waals surface area contributed by atoms with Crippen molar-refractivity contribution in [2.24, 2.45) is 16.5 Å². The average Bonchev–Trinajstić information content (AvgIpc) is 1.66. The van der Waals surface area contributed by atoms with Gasteiger partial charge in [-0.05, 0) is 134 Å². The number of carbonyl (C=O) groups is 19. The lowest BCUT2D eigenvalue weighted by Crippen LogP contribution is -2.60. The molecular formula is C99H151N21O25. The molecule has 145 heavy (non-hydrogen) atoms. The number of nitrogens with zero attached hydrogens (tertiary/aromatic N) is 4. The fraction of sp³-hybridized carbons (Fsp3) is 0.626. The maximum absolute atomic E-state index is 15.5. The van der Waals surface area contributed by atoms with Crippen molar-refractivity contribution in [1.29, 1.82) is 5.41 Å². The summed E-state index contributed by atoms with van der Waals surface area (Å²) in [7, 11) is 0. The third kappa shape index (κ3) is 48.6. The van der Waals surface area contributed by atoms with Crippen LogP contribution in [-0.4, -0.2) is 317 Å². The standard InChI is InChI=1S/C92H143N21O25.C7H8/c1-59(114)103-67-38-39-75(116)97-42-24-33-68(107-87(132)69(51-60-54-101-63-29-17-16-28-62(60)63)108-84(129)65(32-23-43-100-92(94)95)104-76(117)55-102-83(128)70(109-86(67)131)52-61-27-22-41-96-61)90(135)113-47-26-35-73(113)91(136)112-46-25-34-72(112)89(134)110-71(53-79(121)122)88(133)106-66(31-19-21-45-111(56-80(123)124)57-81(125)126)85(130)105-64(82(93)127)30-18-20-40-98-77(118)58-138-50-49-137-48-44-99-74(115)36-14-12-10-8-6-4-2-3-5-7-9-11-13-15-37-78(119)120;1-7-5-3-2-4-6-7/h16-17,27-29,41,54,64-73,101H,2-15,18-26,30-40,42-53,55-58H2,1H3,(H2,93,127)(H,97,116)(H,98,118)(H,99,115)(H,102,128)(H,103,114)(H,104,117)(H,105,130)(H,106,133)(H,107,132)(H,108,129)(H,109,131)(H,110,134)(H,119,120)(H,121,122)(H,123,124)(H,125,126)(H4,94,95,100);2-6H,1H3/t64-,65-,66-,67-,68-,69-,70-,71-,72-,73-;/m0./s1. The highest BCUT2D eigenvalue weighted by Crippen LogP contribution is 2.28. The number of carboxylic acids is 4. The number of likely N-dealkylation sites (tertiary alicyclic amines) is 2. The van der Waals surface area contributed by atoms with Gasteiger partial charge in [-0.1, -0.05) is 137 Å². The van der Waals surface area contributed by atoms with Gasteiger partial charge in [0.15, 0.2) is 5.96 Å². The van der Waals surface area contributed by atoms with Crippen LogP contribution < -0.4 is 80.6 Å². The minimum Gasteiger partial charge on any atom is -0.481 e. The molecule has 0 radical (unpaired) electrons. The van der Waals surface area contributed by atoms with Gasteiger partial charge in [0.1, 0.15) is 67.0 Å². The van der Waals surface area contributed by atoms with Crippen LogP contribution in [0.4, 0.5) is 0 Å². The average molecular weight is 2040 g/mol. The molecule has 0 unspecified atom stereocenters. The fourth-order valence-corrected chi connectivity index (χ4v) is 17.2. The summed E-state index contributed by atoms with van der Waals surface area (Å²) in [4.78, 5) is 268. The number of primary amides is 1. The highest BCUT2D eigenvalue weighted by molar-refractivity contribution is 6.01. The number of aromatic nitrogens is 1. The zero-order valence-corrected chi connectivity index (χ0v) is 83.4. The number of aromatic amines is 1. The van der Waals surface area contributed by atoms with Crippen molar-refractivity contribution in [2.45, 2.75) is 305 Å². The fourth-order valence-electron chi connectivity index (χ4n) is 17.2. The predicted octanol–water partition coefficient (Wildman–Crippen LogP) is 1.77. The number of benzene rings is 2. The Kier molecular flexibility index (Phi) is 56.3. The van der Waals surface area contributed by atoms with E-state index in [0.29, 0.717) is 41.5 Å². The van der Waals surface area contributed by atoms with Crippen molar-refractivity contribution >= 4 is 136 Å². The number of allylic oxidation sites excluding steroid dienone is 1. The van der Waals surface area contributed by atoms with Crippen LogP contribution in [0.15, 0.2) is 77.6 Å². The Morgan fingerprint density at radius 1 is 0.538 bits per heavy atom. The molecule has 10 atom stereocenters. The van der Waals surface area contributed by atoms with Crippen LogP contribution in [0, 0.1) is 12.3 Å². The van der Waals surface area contributed by atoms with Crippen molar-refractivity contribution in [2.75, 3.05) is 91.9 Å². The van der Waals surface area contributed by atoms with Gasteiger partial charge in [-0.15, -0.1) is 0 Å². The third-order valence-corrected chi connectivity index (χ3v) is 24.8. The summed E-state index contributed by atoms with van der Waals surface area (Å²) >= 11 is 0. The largest absolute Gasteiger partial charge is 0.481 e. The zero-order valence-electron chi connectivity index (χ0n) is 83.4. The molecule has 3 aromatic rings. The Labute approximate surface area is 844 Å². The molecule has 23 N–H and O–H groups in total. The first kappa shape index (κ1) is 120. The number of carbonyl (C=O) groups excluding carboxylic acids is 15. The molecule has 46 heteroatoms. The highest BCUT2D eigenvalue weighted by Gasteiger charge is 2.46. The summed E-state index contributed by atoms with van der Waals surface area (Å²) in [5, 5.41) is 80.4. The van der Waals surface area contributed by atoms with E-state index < -0.39 is 199 Å². The van der Waals surface area contributed by atoms with Crippen LogP contribution in [0.1, 0.15) is 243 Å². The van der Waals surface area contributed by atoms with E-state index in [0.717, 1.165) is 63.2 Å². The number of guanidine groups is 1. The molecular weight excluding hydrogens is 1880 g/mol. The van der Waals surface area contributed by atoms with Gasteiger partial charge in [0.25, 0.3) is 0 Å². The minimum absolute atomic E-state index is 0.0166. The number of nitrogens with two attached hydrogens (primary N) is 2. The number of hydrogen-bond acceptors (Lipinski definition) is 24. The number of para-hydroxylation sites is 1. The number of aliphatic carboxylic acids is 4. The molecule has 0 saturated carbocycles. The molecule has 7 rings (SSSR count). The smallest absolute Gasteiger partial charge is 0.317 e. The SMILES string of the molecule is CC(=O)N[C@H]1CCC(=O)NCCC[C@@H](C(=O)N2CCC[C@H]2C(=O)N2CCC[C@H]2C(=O)N[C@@H](CC(=O)O)C(=O)N[C@@H](CCCCN(CC(=O)O)CC(=O)O)C(=O)N[C@@H](CCCCNC(=O)COCCOCCNC(=O)CCCCCCCCCCCCCCCCC(=O)O)C(N)=O)NC(=O)[C@H](Cc2c[nH]c3ccccc23)NC(=O)[C@H](CCCNC(=N)N)NC(=O)CNC(=O)[C@H](CC2=CCC=N2)NC1=O.Cc1ccccc1. The number of H-pyrrole nitrogens is 1. The summed E-state index contributed by atoms with van der Waals surface area (Å²) in [5.74, 6) is -17.5. The predicted molar refractivity (Wildman–Crippen MR) is 533 cm³/mol. The lowest BCUT2D eigenvalue weighted by atomic mass is 10.0. The number of aryl methyl sites for hydroxylation is 1. The molecule has 4 aliphatic rings. The first-order valence-electron chi connectivity index (χ1n) is 50.5. The van der Waals surface area contributed by atoms with Gasteiger partial charge < -0.3 is 125 Å². The molecule has 4 aliphatic heterocycles. The number of amides is 15. The molecule has 3 fully saturated rings. The first-order chi connectivity index (χ1) is 69.5. The van der Waals surface area contributed by atoms with E-state index in [9.17, 15) is 92.0 Å². The van der Waals surface area contributed by atoms with Crippen LogP contribution in [0.3, 0.4) is 0 Å². The van der Waals surface area contributed by atoms with E-state index in [4.69, 9.17) is 31.5 Å². The van der Waals surface area contributed by atoms with E-state index in [2.05, 4.69) is 98.2 Å². The normalized spacial score (nSPS) is 18.8. The molecule has 0 bridgehead atoms. The second-order valence-corrected chi connectivity index (χ2v) is 36.7. The number of fused-ring (bicyclic) bond motifs is 1. The number of rotatable bonds is 59. The van der Waals surface area contributed by atoms with Gasteiger partial charge in [0.05, 0.1) is 45.9 Å². The molecule has 15 amide bonds. The molecule has 5 heterocycles. The number of carboxylic acid groups (broad SMARTS) is 4. The van der Waals surface area contributed by atoms with Crippen molar-refractivity contribution in [3.63, 3.8) is 0 Å². The van der Waals surface area contributed by atoms with Gasteiger partial charge in [-0.25, -0.2) is 0 Å². The van der Waals surface area contributed by atoms with Crippen molar-refractivity contribution in [3.8, 4) is 0 Å². The van der Waals surface area contributed by atoms with Gasteiger partial charge in [-0.2, -0.15) is 0 Å². The number of hydrogen-bond donors (Lipinski definition) is 21. The topological polar surface area (TPSA) is 694 Å². The summed E-state index contributed by atoms with van der Waals surface area (Å²) in [5.41, 5.74) is 14.3. The van der Waals surface area contributed by atoms with Crippen LogP contribution >= 0.6 is 0 Å². The molecule has 2 aromatic carbocycles. The number of unbranched alkanes of at least 4 members (excludes halogenated alkanes) is 15. The first-order valence-corrected chi connectivity index (χ1v) is 50.5. The van der Waals surface area contributed by atoms with Gasteiger partial charge in [0.2, 0.25) is 88.6 Å². The number of ether oxygens (including phenoxy) is 2. The molecule has 802 valence electrons. The van der Waals surface area contributed by atoms with E-state index in [1.165, 1.54) is 53.9 Å². The zero-order chi connectivity index (χ0) is 106. The summed E-state index contributed by atoms with van der Waals surface area (Å²) in [6, 6.07) is 2.30. The van der Waals surface area contributed by atoms with Crippen molar-refractivity contribution in [3.05, 3.63) is 83.7 Å². The molecule has 3 saturated heterocycles. The molecule has 1 aromatic heterocycles. The Hall–Kier alpha value is -13.5. The maximum atomic E-state index is 15.5. The lowest BCUT2D eigenvalue weighted by Gasteiger charge is -2.33.